The third-order valence-corrected chi connectivity index (χ3v) is 5.17. The van der Waals surface area contributed by atoms with Gasteiger partial charge in [-0.25, -0.2) is 4.99 Å². The van der Waals surface area contributed by atoms with Gasteiger partial charge in [0.15, 0.2) is 5.96 Å². The Bertz CT molecular complexity index is 728. The van der Waals surface area contributed by atoms with Crippen LogP contribution in [0, 0.1) is 0 Å². The van der Waals surface area contributed by atoms with Gasteiger partial charge in [0, 0.05) is 25.7 Å². The maximum atomic E-state index is 10.6. The number of rotatable bonds is 8. The summed E-state index contributed by atoms with van der Waals surface area (Å²) in [4.78, 5) is 7.11. The number of aliphatic imine (C=N–C) groups is 1. The lowest BCUT2D eigenvalue weighted by Crippen LogP contribution is -2.45. The Balaban J connectivity index is 1.56. The van der Waals surface area contributed by atoms with E-state index in [2.05, 4.69) is 50.9 Å². The van der Waals surface area contributed by atoms with Crippen LogP contribution < -0.4 is 10.6 Å². The Morgan fingerprint density at radius 3 is 2.79 bits per heavy atom. The topological polar surface area (TPSA) is 73.0 Å². The van der Waals surface area contributed by atoms with Gasteiger partial charge in [0.05, 0.1) is 12.8 Å². The molecule has 1 fully saturated rings. The van der Waals surface area contributed by atoms with Gasteiger partial charge in [0.25, 0.3) is 0 Å². The van der Waals surface area contributed by atoms with Crippen LogP contribution in [-0.2, 0) is 12.1 Å². The van der Waals surface area contributed by atoms with E-state index in [0.717, 1.165) is 32.1 Å². The minimum Gasteiger partial charge on any atom is -0.466 e. The maximum Gasteiger partial charge on any atom is 0.191 e. The van der Waals surface area contributed by atoms with E-state index in [9.17, 15) is 5.11 Å². The van der Waals surface area contributed by atoms with Crippen LogP contribution in [0.1, 0.15) is 38.0 Å². The van der Waals surface area contributed by atoms with Crippen molar-refractivity contribution >= 4 is 5.96 Å². The Hall–Kier alpha value is -2.31. The van der Waals surface area contributed by atoms with E-state index in [1.807, 2.05) is 6.92 Å². The summed E-state index contributed by atoms with van der Waals surface area (Å²) < 4.78 is 5.34. The van der Waals surface area contributed by atoms with Crippen molar-refractivity contribution in [2.45, 2.75) is 44.9 Å². The predicted molar refractivity (Wildman–Crippen MR) is 112 cm³/mol. The van der Waals surface area contributed by atoms with Gasteiger partial charge in [-0.3, -0.25) is 4.90 Å². The lowest BCUT2D eigenvalue weighted by Gasteiger charge is -2.26. The van der Waals surface area contributed by atoms with E-state index in [0.29, 0.717) is 11.8 Å². The van der Waals surface area contributed by atoms with E-state index in [1.165, 1.54) is 18.4 Å². The zero-order chi connectivity index (χ0) is 19.8. The predicted octanol–water partition coefficient (Wildman–Crippen LogP) is 2.71. The second-order valence-electron chi connectivity index (χ2n) is 7.58. The van der Waals surface area contributed by atoms with E-state index in [-0.39, 0.29) is 6.54 Å². The highest BCUT2D eigenvalue weighted by molar-refractivity contribution is 5.79. The number of furan rings is 1. The molecule has 1 saturated heterocycles. The second-order valence-corrected chi connectivity index (χ2v) is 7.58. The molecule has 152 valence electrons. The molecule has 2 heterocycles. The molecule has 0 spiro atoms. The molecule has 1 aliphatic heterocycles. The van der Waals surface area contributed by atoms with E-state index < -0.39 is 5.60 Å². The monoisotopic (exact) mass is 384 g/mol. The highest BCUT2D eigenvalue weighted by Crippen LogP contribution is 2.21. The number of benzene rings is 1. The van der Waals surface area contributed by atoms with Gasteiger partial charge in [-0.2, -0.15) is 0 Å². The van der Waals surface area contributed by atoms with Gasteiger partial charge in [-0.05, 0) is 50.9 Å². The molecule has 6 heteroatoms. The number of nitrogens with zero attached hydrogens (tertiary/aromatic N) is 2. The average Bonchev–Trinajstić information content (AvgIpc) is 3.38. The van der Waals surface area contributed by atoms with Gasteiger partial charge in [-0.15, -0.1) is 0 Å². The quantitative estimate of drug-likeness (QED) is 0.482. The number of hydrogen-bond donors (Lipinski definition) is 3. The average molecular weight is 385 g/mol. The SMILES string of the molecule is CCNC(=NCC(C)(O)c1ccco1)NCC1CCCN1Cc1ccccc1. The fraction of sp³-hybridized carbons (Fsp3) is 0.500. The molecular formula is C22H32N4O2. The summed E-state index contributed by atoms with van der Waals surface area (Å²) in [6.07, 6.45) is 3.97. The Morgan fingerprint density at radius 1 is 1.25 bits per heavy atom. The smallest absolute Gasteiger partial charge is 0.191 e. The lowest BCUT2D eigenvalue weighted by molar-refractivity contribution is 0.0437. The number of nitrogens with one attached hydrogen (secondary N) is 2. The minimum absolute atomic E-state index is 0.230. The second kappa shape index (κ2) is 9.75. The van der Waals surface area contributed by atoms with Crippen LogP contribution in [0.4, 0.5) is 0 Å². The number of guanidine groups is 1. The van der Waals surface area contributed by atoms with Crippen molar-refractivity contribution in [2.75, 3.05) is 26.2 Å². The van der Waals surface area contributed by atoms with Gasteiger partial charge in [-0.1, -0.05) is 30.3 Å². The molecule has 2 aromatic rings. The zero-order valence-electron chi connectivity index (χ0n) is 16.9. The molecule has 3 N–H and O–H groups in total. The lowest BCUT2D eigenvalue weighted by atomic mass is 10.0. The molecule has 1 aromatic carbocycles. The molecule has 28 heavy (non-hydrogen) atoms. The van der Waals surface area contributed by atoms with Crippen molar-refractivity contribution in [1.29, 1.82) is 0 Å². The number of aliphatic hydroxyl groups is 1. The molecule has 0 radical (unpaired) electrons. The fourth-order valence-corrected chi connectivity index (χ4v) is 3.60. The van der Waals surface area contributed by atoms with Crippen molar-refractivity contribution in [3.05, 3.63) is 60.1 Å². The van der Waals surface area contributed by atoms with Gasteiger partial charge in [0.1, 0.15) is 11.4 Å². The Labute approximate surface area is 167 Å². The van der Waals surface area contributed by atoms with Crippen LogP contribution in [0.5, 0.6) is 0 Å². The van der Waals surface area contributed by atoms with Crippen molar-refractivity contribution in [3.63, 3.8) is 0 Å². The van der Waals surface area contributed by atoms with Crippen molar-refractivity contribution in [2.24, 2.45) is 4.99 Å². The first-order valence-electron chi connectivity index (χ1n) is 10.1. The van der Waals surface area contributed by atoms with Crippen LogP contribution >= 0.6 is 0 Å². The summed E-state index contributed by atoms with van der Waals surface area (Å²) in [5.74, 6) is 1.25. The molecule has 0 aliphatic carbocycles. The molecule has 0 bridgehead atoms. The van der Waals surface area contributed by atoms with Gasteiger partial charge >= 0.3 is 0 Å². The standard InChI is InChI=1S/C22H32N4O2/c1-3-23-21(25-17-22(2,27)20-12-8-14-28-20)24-15-19-11-7-13-26(19)16-18-9-5-4-6-10-18/h4-6,8-10,12,14,19,27H,3,7,11,13,15-17H2,1-2H3,(H2,23,24,25). The minimum atomic E-state index is -1.13. The fourth-order valence-electron chi connectivity index (χ4n) is 3.60. The van der Waals surface area contributed by atoms with Crippen molar-refractivity contribution in [1.82, 2.24) is 15.5 Å². The largest absolute Gasteiger partial charge is 0.466 e. The molecule has 2 unspecified atom stereocenters. The maximum absolute atomic E-state index is 10.6. The summed E-state index contributed by atoms with van der Waals surface area (Å²) in [5.41, 5.74) is 0.225. The highest BCUT2D eigenvalue weighted by atomic mass is 16.4. The molecule has 6 nitrogen and oxygen atoms in total. The molecular weight excluding hydrogens is 352 g/mol. The van der Waals surface area contributed by atoms with Crippen LogP contribution in [0.25, 0.3) is 0 Å². The molecule has 3 rings (SSSR count). The highest BCUT2D eigenvalue weighted by Gasteiger charge is 2.27. The Kier molecular flexibility index (Phi) is 7.12. The summed E-state index contributed by atoms with van der Waals surface area (Å²) in [7, 11) is 0. The molecule has 1 aliphatic rings. The van der Waals surface area contributed by atoms with E-state index in [4.69, 9.17) is 4.42 Å². The van der Waals surface area contributed by atoms with E-state index in [1.54, 1.807) is 25.3 Å². The molecule has 0 amide bonds. The van der Waals surface area contributed by atoms with Crippen LogP contribution in [-0.4, -0.2) is 48.2 Å². The van der Waals surface area contributed by atoms with Crippen LogP contribution in [0.15, 0.2) is 58.1 Å². The van der Waals surface area contributed by atoms with Crippen LogP contribution in [0.2, 0.25) is 0 Å². The number of likely N-dealkylation sites (tertiary alicyclic amines) is 1. The summed E-state index contributed by atoms with van der Waals surface area (Å²) in [5, 5.41) is 17.3. The first kappa shape index (κ1) is 20.4. The van der Waals surface area contributed by atoms with Crippen molar-refractivity contribution < 1.29 is 9.52 Å². The Morgan fingerprint density at radius 2 is 2.07 bits per heavy atom. The first-order valence-corrected chi connectivity index (χ1v) is 10.1. The van der Waals surface area contributed by atoms with Crippen LogP contribution in [0.3, 0.4) is 0 Å². The summed E-state index contributed by atoms with van der Waals surface area (Å²) >= 11 is 0. The summed E-state index contributed by atoms with van der Waals surface area (Å²) in [6.45, 7) is 7.70. The third-order valence-electron chi connectivity index (χ3n) is 5.17. The van der Waals surface area contributed by atoms with Crippen molar-refractivity contribution in [3.8, 4) is 0 Å². The molecule has 1 aromatic heterocycles. The summed E-state index contributed by atoms with van der Waals surface area (Å²) in [6, 6.07) is 14.7. The molecule has 2 atom stereocenters. The van der Waals surface area contributed by atoms with Gasteiger partial charge < -0.3 is 20.2 Å². The number of hydrogen-bond acceptors (Lipinski definition) is 4. The third kappa shape index (κ3) is 5.59. The first-order chi connectivity index (χ1) is 13.6. The zero-order valence-corrected chi connectivity index (χ0v) is 16.9. The van der Waals surface area contributed by atoms with E-state index >= 15 is 0 Å². The molecule has 0 saturated carbocycles. The van der Waals surface area contributed by atoms with Gasteiger partial charge in [0.2, 0.25) is 0 Å². The normalized spacial score (nSPS) is 20.1.